The minimum absolute atomic E-state index is 0.367. The molecule has 216 valence electrons. The number of anilines is 1. The first-order valence-electron chi connectivity index (χ1n) is 13.4. The quantitative estimate of drug-likeness (QED) is 0.241. The van der Waals surface area contributed by atoms with Crippen molar-refractivity contribution in [1.82, 2.24) is 9.55 Å². The first-order valence-corrected chi connectivity index (χ1v) is 13.9. The van der Waals surface area contributed by atoms with E-state index in [2.05, 4.69) is 4.98 Å². The van der Waals surface area contributed by atoms with Crippen LogP contribution in [0, 0.1) is 17.7 Å². The molecule has 1 aromatic heterocycles. The molecule has 1 aliphatic heterocycles. The average Bonchev–Trinajstić information content (AvgIpc) is 3.16. The summed E-state index contributed by atoms with van der Waals surface area (Å²) in [6.07, 6.45) is 0.371. The lowest BCUT2D eigenvalue weighted by atomic mass is 9.95. The second-order valence-electron chi connectivity index (χ2n) is 9.83. The average molecular weight is 564 g/mol. The van der Waals surface area contributed by atoms with Crippen molar-refractivity contribution in [2.24, 2.45) is 11.8 Å². The van der Waals surface area contributed by atoms with Gasteiger partial charge in [-0.2, -0.15) is 4.98 Å². The molecular weight excluding hydrogens is 524 g/mol. The van der Waals surface area contributed by atoms with Gasteiger partial charge in [-0.3, -0.25) is 14.2 Å². The maximum Gasteiger partial charge on any atom is 0.351 e. The summed E-state index contributed by atoms with van der Waals surface area (Å²) >= 11 is 6.27. The number of alkyl halides is 2. The lowest BCUT2D eigenvalue weighted by Crippen LogP contribution is -2.51. The molecular formula is C26H40ClF2N3O6. The van der Waals surface area contributed by atoms with E-state index in [1.54, 1.807) is 0 Å². The van der Waals surface area contributed by atoms with Gasteiger partial charge in [0.05, 0.1) is 23.9 Å². The van der Waals surface area contributed by atoms with Gasteiger partial charge in [0.15, 0.2) is 35.7 Å². The third-order valence-electron chi connectivity index (χ3n) is 6.79. The van der Waals surface area contributed by atoms with E-state index in [1.165, 1.54) is 0 Å². The number of ether oxygens (including phenoxy) is 3. The first kappa shape index (κ1) is 31.9. The van der Waals surface area contributed by atoms with Gasteiger partial charge < -0.3 is 19.9 Å². The van der Waals surface area contributed by atoms with Crippen molar-refractivity contribution in [3.05, 3.63) is 22.5 Å². The van der Waals surface area contributed by atoms with Crippen molar-refractivity contribution in [1.29, 1.82) is 0 Å². The predicted octanol–water partition coefficient (Wildman–Crippen LogP) is 4.70. The van der Waals surface area contributed by atoms with Crippen molar-refractivity contribution >= 4 is 29.4 Å². The minimum atomic E-state index is -2.15. The number of carbonyl (C=O) groups is 2. The molecule has 1 saturated heterocycles. The zero-order valence-corrected chi connectivity index (χ0v) is 23.3. The summed E-state index contributed by atoms with van der Waals surface area (Å²) in [5.41, 5.74) is 2.46. The van der Waals surface area contributed by atoms with E-state index in [1.807, 2.05) is 27.7 Å². The highest BCUT2D eigenvalue weighted by molar-refractivity contribution is 6.18. The lowest BCUT2D eigenvalue weighted by molar-refractivity contribution is -0.179. The van der Waals surface area contributed by atoms with Crippen LogP contribution in [0.25, 0.3) is 0 Å². The van der Waals surface area contributed by atoms with Gasteiger partial charge >= 0.3 is 17.6 Å². The number of hydrogen-bond acceptors (Lipinski definition) is 8. The van der Waals surface area contributed by atoms with Crippen molar-refractivity contribution in [3.63, 3.8) is 0 Å². The molecule has 4 atom stereocenters. The molecule has 12 heteroatoms. The van der Waals surface area contributed by atoms with Crippen LogP contribution in [0.3, 0.4) is 0 Å². The summed E-state index contributed by atoms with van der Waals surface area (Å²) in [4.78, 5) is 41.8. The van der Waals surface area contributed by atoms with E-state index in [0.29, 0.717) is 49.3 Å². The Labute approximate surface area is 227 Å². The monoisotopic (exact) mass is 563 g/mol. The highest BCUT2D eigenvalue weighted by atomic mass is 35.5. The minimum Gasteiger partial charge on any atom is -0.462 e. The summed E-state index contributed by atoms with van der Waals surface area (Å²) in [6.45, 7) is 7.21. The Morgan fingerprint density at radius 3 is 2.13 bits per heavy atom. The van der Waals surface area contributed by atoms with Crippen molar-refractivity contribution in [2.45, 2.75) is 103 Å². The molecule has 1 aromatic rings. The Morgan fingerprint density at radius 1 is 1.11 bits per heavy atom. The van der Waals surface area contributed by atoms with E-state index >= 15 is 4.39 Å². The maximum absolute atomic E-state index is 16.0. The fourth-order valence-corrected chi connectivity index (χ4v) is 5.08. The molecule has 0 unspecified atom stereocenters. The van der Waals surface area contributed by atoms with Gasteiger partial charge in [-0.1, -0.05) is 53.4 Å². The van der Waals surface area contributed by atoms with E-state index < -0.39 is 71.8 Å². The Morgan fingerprint density at radius 2 is 1.63 bits per heavy atom. The number of aromatic nitrogens is 2. The molecule has 2 N–H and O–H groups in total. The van der Waals surface area contributed by atoms with E-state index in [9.17, 15) is 18.8 Å². The molecule has 2 heterocycles. The summed E-state index contributed by atoms with van der Waals surface area (Å²) in [7, 11) is 0. The number of halogens is 3. The number of hydrogen-bond donors (Lipinski definition) is 1. The fraction of sp³-hybridized carbons (Fsp3) is 0.769. The van der Waals surface area contributed by atoms with Gasteiger partial charge in [0, 0.05) is 0 Å². The number of nitrogens with zero attached hydrogens (tertiary/aromatic N) is 2. The van der Waals surface area contributed by atoms with Crippen LogP contribution in [-0.2, 0) is 23.8 Å². The molecule has 0 radical (unpaired) electrons. The van der Waals surface area contributed by atoms with Gasteiger partial charge in [0.25, 0.3) is 0 Å². The number of rotatable bonds is 15. The maximum atomic E-state index is 16.0. The lowest BCUT2D eigenvalue weighted by Gasteiger charge is -2.32. The largest absolute Gasteiger partial charge is 0.462 e. The second kappa shape index (κ2) is 14.8. The molecule has 9 nitrogen and oxygen atoms in total. The van der Waals surface area contributed by atoms with Gasteiger partial charge in [-0.15, -0.1) is 11.6 Å². The van der Waals surface area contributed by atoms with Crippen LogP contribution in [0.5, 0.6) is 0 Å². The molecule has 2 rings (SSSR count). The molecule has 0 aromatic carbocycles. The number of nitrogens with two attached hydrogens (primary N) is 1. The first-order chi connectivity index (χ1) is 18.1. The topological polar surface area (TPSA) is 123 Å². The number of nitrogen functional groups attached to an aromatic ring is 1. The molecule has 0 saturated carbocycles. The molecule has 0 aliphatic carbocycles. The summed E-state index contributed by atoms with van der Waals surface area (Å²) in [5.74, 6) is -4.14. The van der Waals surface area contributed by atoms with Crippen molar-refractivity contribution in [2.75, 3.05) is 18.2 Å². The SMILES string of the molecule is CCCC(CCC)C(=O)OC[C@@]1(CCl)O[C@@H](n2cc(F)c(N)nc2=O)[C@@H](F)[C@@H]1OC(=O)C(CCC)CCC. The Bertz CT molecular complexity index is 984. The molecule has 0 amide bonds. The smallest absolute Gasteiger partial charge is 0.351 e. The highest BCUT2D eigenvalue weighted by Crippen LogP contribution is 2.42. The summed E-state index contributed by atoms with van der Waals surface area (Å²) in [6, 6.07) is 0. The number of esters is 2. The molecule has 0 spiro atoms. The van der Waals surface area contributed by atoms with Crippen LogP contribution in [0.1, 0.15) is 85.3 Å². The van der Waals surface area contributed by atoms with Crippen LogP contribution < -0.4 is 11.4 Å². The zero-order chi connectivity index (χ0) is 28.5. The molecule has 1 aliphatic rings. The summed E-state index contributed by atoms with van der Waals surface area (Å²) < 4.78 is 47.9. The second-order valence-corrected chi connectivity index (χ2v) is 10.1. The third kappa shape index (κ3) is 7.43. The Balaban J connectivity index is 2.44. The third-order valence-corrected chi connectivity index (χ3v) is 7.24. The standard InChI is InChI=1S/C26H40ClF2N3O6/c1-5-9-16(10-6-2)23(33)36-15-26(14-27)20(37-24(34)17(11-7-3)12-8-4)19(29)22(38-26)32-13-18(28)21(30)31-25(32)35/h13,16-17,19-20,22H,5-12,14-15H2,1-4H3,(H2,30,31,35)/t19-,20-,22+,26+/m0/s1. The van der Waals surface area contributed by atoms with Gasteiger partial charge in [0.1, 0.15) is 6.61 Å². The molecule has 0 bridgehead atoms. The van der Waals surface area contributed by atoms with E-state index in [4.69, 9.17) is 31.5 Å². The Hall–Kier alpha value is -2.27. The van der Waals surface area contributed by atoms with Crippen molar-refractivity contribution in [3.8, 4) is 0 Å². The Kier molecular flexibility index (Phi) is 12.4. The fourth-order valence-electron chi connectivity index (χ4n) is 4.78. The van der Waals surface area contributed by atoms with Crippen LogP contribution in [-0.4, -0.2) is 51.9 Å². The van der Waals surface area contributed by atoms with Crippen molar-refractivity contribution < 1.29 is 32.6 Å². The van der Waals surface area contributed by atoms with Crippen LogP contribution >= 0.6 is 11.6 Å². The zero-order valence-electron chi connectivity index (χ0n) is 22.6. The van der Waals surface area contributed by atoms with E-state index in [-0.39, 0.29) is 5.92 Å². The van der Waals surface area contributed by atoms with E-state index in [0.717, 1.165) is 12.8 Å². The summed E-state index contributed by atoms with van der Waals surface area (Å²) in [5, 5.41) is 0. The number of carbonyl (C=O) groups excluding carboxylic acids is 2. The molecule has 38 heavy (non-hydrogen) atoms. The van der Waals surface area contributed by atoms with Crippen LogP contribution in [0.15, 0.2) is 11.0 Å². The predicted molar refractivity (Wildman–Crippen MR) is 139 cm³/mol. The van der Waals surface area contributed by atoms with Gasteiger partial charge in [-0.25, -0.2) is 13.6 Å². The van der Waals surface area contributed by atoms with Gasteiger partial charge in [0.2, 0.25) is 0 Å². The normalized spacial score (nSPS) is 23.2. The van der Waals surface area contributed by atoms with Crippen LogP contribution in [0.4, 0.5) is 14.6 Å². The highest BCUT2D eigenvalue weighted by Gasteiger charge is 2.60. The van der Waals surface area contributed by atoms with Gasteiger partial charge in [-0.05, 0) is 25.7 Å². The molecule has 1 fully saturated rings. The van der Waals surface area contributed by atoms with Crippen LogP contribution in [0.2, 0.25) is 0 Å².